The van der Waals surface area contributed by atoms with E-state index in [1.54, 1.807) is 12.1 Å². The number of ether oxygens (including phenoxy) is 1. The molecule has 2 aromatic heterocycles. The van der Waals surface area contributed by atoms with Crippen LogP contribution in [0.25, 0.3) is 11.3 Å². The molecule has 0 radical (unpaired) electrons. The summed E-state index contributed by atoms with van der Waals surface area (Å²) in [5.74, 6) is 1.21. The van der Waals surface area contributed by atoms with E-state index in [4.69, 9.17) is 4.74 Å². The lowest BCUT2D eigenvalue weighted by molar-refractivity contribution is 0.102. The largest absolute Gasteiger partial charge is 0.493 e. The van der Waals surface area contributed by atoms with Gasteiger partial charge in [-0.3, -0.25) is 9.48 Å². The second-order valence-electron chi connectivity index (χ2n) is 7.46. The summed E-state index contributed by atoms with van der Waals surface area (Å²) in [7, 11) is 0. The van der Waals surface area contributed by atoms with E-state index in [9.17, 15) is 4.79 Å². The third kappa shape index (κ3) is 3.73. The standard InChI is InChI=1S/C22H23N5O2/c28-22(19-8-11-27(26-19)17-3-2-10-23-14-17)25-21-5-1-4-18(24-21)15-6-7-20-16(13-15)9-12-29-20/h1,4-8,11,13,17,23H,2-3,9-10,12,14H2,(H,24,25,28). The van der Waals surface area contributed by atoms with E-state index < -0.39 is 0 Å². The number of rotatable bonds is 4. The fourth-order valence-electron chi connectivity index (χ4n) is 3.91. The van der Waals surface area contributed by atoms with Gasteiger partial charge in [0.05, 0.1) is 18.3 Å². The fourth-order valence-corrected chi connectivity index (χ4v) is 3.91. The number of pyridine rings is 1. The molecule has 5 rings (SSSR count). The Kier molecular flexibility index (Phi) is 4.73. The smallest absolute Gasteiger partial charge is 0.277 e. The van der Waals surface area contributed by atoms with Gasteiger partial charge in [0, 0.05) is 24.7 Å². The molecular formula is C22H23N5O2. The zero-order chi connectivity index (χ0) is 19.6. The molecule has 148 valence electrons. The lowest BCUT2D eigenvalue weighted by atomic mass is 10.1. The van der Waals surface area contributed by atoms with Crippen LogP contribution in [0.5, 0.6) is 5.75 Å². The maximum atomic E-state index is 12.7. The van der Waals surface area contributed by atoms with Crippen LogP contribution in [0.4, 0.5) is 5.82 Å². The van der Waals surface area contributed by atoms with Crippen molar-refractivity contribution in [3.63, 3.8) is 0 Å². The number of aromatic nitrogens is 3. The van der Waals surface area contributed by atoms with Gasteiger partial charge in [0.15, 0.2) is 5.69 Å². The van der Waals surface area contributed by atoms with E-state index >= 15 is 0 Å². The summed E-state index contributed by atoms with van der Waals surface area (Å²) < 4.78 is 7.46. The molecule has 1 aromatic carbocycles. The quantitative estimate of drug-likeness (QED) is 0.717. The maximum Gasteiger partial charge on any atom is 0.277 e. The molecule has 1 amide bonds. The number of nitrogens with one attached hydrogen (secondary N) is 2. The molecule has 1 saturated heterocycles. The van der Waals surface area contributed by atoms with Crippen LogP contribution in [0.1, 0.15) is 34.9 Å². The van der Waals surface area contributed by atoms with Gasteiger partial charge in [-0.05, 0) is 61.3 Å². The van der Waals surface area contributed by atoms with Gasteiger partial charge in [0.25, 0.3) is 5.91 Å². The topological polar surface area (TPSA) is 81.1 Å². The summed E-state index contributed by atoms with van der Waals surface area (Å²) in [6.45, 7) is 2.66. The average molecular weight is 389 g/mol. The van der Waals surface area contributed by atoms with E-state index in [0.717, 1.165) is 56.0 Å². The number of amides is 1. The SMILES string of the molecule is O=C(Nc1cccc(-c2ccc3c(c2)CCO3)n1)c1ccn(C2CCCNC2)n1. The Morgan fingerprint density at radius 1 is 1.24 bits per heavy atom. The molecule has 7 heteroatoms. The highest BCUT2D eigenvalue weighted by Crippen LogP contribution is 2.30. The van der Waals surface area contributed by atoms with Gasteiger partial charge in [0.1, 0.15) is 11.6 Å². The Bertz CT molecular complexity index is 1040. The van der Waals surface area contributed by atoms with Gasteiger partial charge in [-0.2, -0.15) is 5.10 Å². The summed E-state index contributed by atoms with van der Waals surface area (Å²) in [5.41, 5.74) is 3.43. The summed E-state index contributed by atoms with van der Waals surface area (Å²) in [4.78, 5) is 17.3. The maximum absolute atomic E-state index is 12.7. The molecule has 1 fully saturated rings. The molecule has 2 aliphatic heterocycles. The molecule has 1 atom stereocenters. The third-order valence-electron chi connectivity index (χ3n) is 5.46. The summed E-state index contributed by atoms with van der Waals surface area (Å²) in [6.07, 6.45) is 4.99. The van der Waals surface area contributed by atoms with Crippen molar-refractivity contribution in [2.75, 3.05) is 25.0 Å². The van der Waals surface area contributed by atoms with Crippen LogP contribution in [0.15, 0.2) is 48.7 Å². The molecule has 0 bridgehead atoms. The zero-order valence-electron chi connectivity index (χ0n) is 16.1. The Hall–Kier alpha value is -3.19. The highest BCUT2D eigenvalue weighted by atomic mass is 16.5. The minimum Gasteiger partial charge on any atom is -0.493 e. The number of nitrogens with zero attached hydrogens (tertiary/aromatic N) is 3. The molecule has 3 aromatic rings. The van der Waals surface area contributed by atoms with E-state index in [2.05, 4.69) is 26.8 Å². The van der Waals surface area contributed by atoms with Crippen LogP contribution in [-0.4, -0.2) is 40.4 Å². The number of piperidine rings is 1. The second kappa shape index (κ2) is 7.67. The highest BCUT2D eigenvalue weighted by Gasteiger charge is 2.18. The number of fused-ring (bicyclic) bond motifs is 1. The van der Waals surface area contributed by atoms with E-state index in [1.807, 2.05) is 35.1 Å². The highest BCUT2D eigenvalue weighted by molar-refractivity contribution is 6.02. The first-order valence-corrected chi connectivity index (χ1v) is 10.1. The first-order chi connectivity index (χ1) is 14.3. The van der Waals surface area contributed by atoms with Gasteiger partial charge in [0.2, 0.25) is 0 Å². The lowest BCUT2D eigenvalue weighted by Gasteiger charge is -2.22. The Morgan fingerprint density at radius 2 is 2.21 bits per heavy atom. The fraction of sp³-hybridized carbons (Fsp3) is 0.318. The van der Waals surface area contributed by atoms with E-state index in [-0.39, 0.29) is 5.91 Å². The number of carbonyl (C=O) groups excluding carboxylic acids is 1. The Labute approximate surface area is 169 Å². The van der Waals surface area contributed by atoms with Crippen molar-refractivity contribution in [1.29, 1.82) is 0 Å². The van der Waals surface area contributed by atoms with Gasteiger partial charge in [-0.1, -0.05) is 6.07 Å². The summed E-state index contributed by atoms with van der Waals surface area (Å²) in [5, 5.41) is 10.7. The van der Waals surface area contributed by atoms with Crippen LogP contribution < -0.4 is 15.4 Å². The van der Waals surface area contributed by atoms with Crippen molar-refractivity contribution in [1.82, 2.24) is 20.1 Å². The molecule has 2 N–H and O–H groups in total. The van der Waals surface area contributed by atoms with Crippen molar-refractivity contribution in [3.05, 3.63) is 59.9 Å². The van der Waals surface area contributed by atoms with Crippen LogP contribution in [0.3, 0.4) is 0 Å². The van der Waals surface area contributed by atoms with Crippen molar-refractivity contribution in [3.8, 4) is 17.0 Å². The normalized spacial score (nSPS) is 18.1. The number of hydrogen-bond donors (Lipinski definition) is 2. The Balaban J connectivity index is 1.31. The molecular weight excluding hydrogens is 366 g/mol. The van der Waals surface area contributed by atoms with E-state index in [0.29, 0.717) is 17.6 Å². The number of benzene rings is 1. The van der Waals surface area contributed by atoms with Crippen LogP contribution in [0.2, 0.25) is 0 Å². The predicted molar refractivity (Wildman–Crippen MR) is 110 cm³/mol. The summed E-state index contributed by atoms with van der Waals surface area (Å²) >= 11 is 0. The van der Waals surface area contributed by atoms with Crippen LogP contribution >= 0.6 is 0 Å². The second-order valence-corrected chi connectivity index (χ2v) is 7.46. The van der Waals surface area contributed by atoms with Crippen molar-refractivity contribution in [2.24, 2.45) is 0 Å². The number of carbonyl (C=O) groups is 1. The van der Waals surface area contributed by atoms with Crippen LogP contribution in [-0.2, 0) is 6.42 Å². The van der Waals surface area contributed by atoms with Gasteiger partial charge in [-0.15, -0.1) is 0 Å². The minimum absolute atomic E-state index is 0.250. The van der Waals surface area contributed by atoms with E-state index in [1.165, 1.54) is 5.56 Å². The van der Waals surface area contributed by atoms with Crippen molar-refractivity contribution < 1.29 is 9.53 Å². The summed E-state index contributed by atoms with van der Waals surface area (Å²) in [6, 6.07) is 13.8. The molecule has 1 unspecified atom stereocenters. The third-order valence-corrected chi connectivity index (χ3v) is 5.46. The monoisotopic (exact) mass is 389 g/mol. The van der Waals surface area contributed by atoms with Gasteiger partial charge < -0.3 is 15.4 Å². The Morgan fingerprint density at radius 3 is 3.10 bits per heavy atom. The molecule has 0 spiro atoms. The van der Waals surface area contributed by atoms with Crippen LogP contribution in [0, 0.1) is 0 Å². The minimum atomic E-state index is -0.250. The molecule has 0 aliphatic carbocycles. The van der Waals surface area contributed by atoms with Crippen molar-refractivity contribution in [2.45, 2.75) is 25.3 Å². The molecule has 0 saturated carbocycles. The molecule has 4 heterocycles. The molecule has 7 nitrogen and oxygen atoms in total. The zero-order valence-corrected chi connectivity index (χ0v) is 16.1. The molecule has 2 aliphatic rings. The van der Waals surface area contributed by atoms with Gasteiger partial charge >= 0.3 is 0 Å². The van der Waals surface area contributed by atoms with Crippen molar-refractivity contribution >= 4 is 11.7 Å². The predicted octanol–water partition coefficient (Wildman–Crippen LogP) is 3.06. The molecule has 29 heavy (non-hydrogen) atoms. The average Bonchev–Trinajstić information content (AvgIpc) is 3.44. The lowest BCUT2D eigenvalue weighted by Crippen LogP contribution is -2.32. The number of hydrogen-bond acceptors (Lipinski definition) is 5. The first kappa shape index (κ1) is 17.9. The number of anilines is 1. The first-order valence-electron chi connectivity index (χ1n) is 10.1. The van der Waals surface area contributed by atoms with Gasteiger partial charge in [-0.25, -0.2) is 4.98 Å².